The SMILES string of the molecule is Cc1ccc(OCc2ncccn2)c(C#CCCO)c1. The molecule has 0 amide bonds. The highest BCUT2D eigenvalue weighted by atomic mass is 16.5. The average Bonchev–Trinajstić information content (AvgIpc) is 2.48. The molecule has 0 aliphatic carbocycles. The fourth-order valence-corrected chi connectivity index (χ4v) is 1.63. The predicted octanol–water partition coefficient (Wildman–Crippen LogP) is 2.10. The summed E-state index contributed by atoms with van der Waals surface area (Å²) < 4.78 is 5.72. The number of hydrogen-bond donors (Lipinski definition) is 1. The van der Waals surface area contributed by atoms with E-state index in [1.165, 1.54) is 0 Å². The summed E-state index contributed by atoms with van der Waals surface area (Å²) in [5.74, 6) is 7.25. The van der Waals surface area contributed by atoms with Gasteiger partial charge in [-0.1, -0.05) is 17.9 Å². The van der Waals surface area contributed by atoms with Crippen LogP contribution < -0.4 is 4.74 Å². The molecule has 2 aromatic rings. The predicted molar refractivity (Wildman–Crippen MR) is 76.1 cm³/mol. The average molecular weight is 268 g/mol. The molecule has 1 aromatic heterocycles. The van der Waals surface area contributed by atoms with Crippen LogP contribution in [-0.4, -0.2) is 21.7 Å². The van der Waals surface area contributed by atoms with Gasteiger partial charge in [0.1, 0.15) is 12.4 Å². The van der Waals surface area contributed by atoms with E-state index in [0.717, 1.165) is 11.1 Å². The molecule has 0 saturated heterocycles. The van der Waals surface area contributed by atoms with Crippen LogP contribution in [0.5, 0.6) is 5.75 Å². The Bertz CT molecular complexity index is 615. The van der Waals surface area contributed by atoms with Crippen molar-refractivity contribution in [2.45, 2.75) is 20.0 Å². The standard InChI is InChI=1S/C16H16N2O2/c1-13-6-7-15(14(11-13)5-2-3-10-19)20-12-16-17-8-4-9-18-16/h4,6-9,11,19H,3,10,12H2,1H3. The molecule has 0 aliphatic rings. The molecule has 0 bridgehead atoms. The zero-order chi connectivity index (χ0) is 14.2. The fourth-order valence-electron chi connectivity index (χ4n) is 1.63. The van der Waals surface area contributed by atoms with E-state index < -0.39 is 0 Å². The summed E-state index contributed by atoms with van der Waals surface area (Å²) in [6, 6.07) is 7.59. The molecule has 1 N–H and O–H groups in total. The summed E-state index contributed by atoms with van der Waals surface area (Å²) in [6.07, 6.45) is 3.82. The summed E-state index contributed by atoms with van der Waals surface area (Å²) >= 11 is 0. The highest BCUT2D eigenvalue weighted by Gasteiger charge is 2.03. The zero-order valence-corrected chi connectivity index (χ0v) is 11.3. The van der Waals surface area contributed by atoms with Gasteiger partial charge in [-0.05, 0) is 30.7 Å². The largest absolute Gasteiger partial charge is 0.484 e. The Morgan fingerprint density at radius 3 is 2.80 bits per heavy atom. The second kappa shape index (κ2) is 7.27. The number of benzene rings is 1. The third-order valence-corrected chi connectivity index (χ3v) is 2.57. The summed E-state index contributed by atoms with van der Waals surface area (Å²) in [7, 11) is 0. The third-order valence-electron chi connectivity index (χ3n) is 2.57. The number of rotatable bonds is 4. The molecule has 4 heteroatoms. The second-order valence-corrected chi connectivity index (χ2v) is 4.23. The molecule has 0 unspecified atom stereocenters. The highest BCUT2D eigenvalue weighted by molar-refractivity contribution is 5.48. The van der Waals surface area contributed by atoms with Crippen LogP contribution in [-0.2, 0) is 6.61 Å². The van der Waals surface area contributed by atoms with Gasteiger partial charge in [-0.2, -0.15) is 0 Å². The first kappa shape index (κ1) is 14.0. The van der Waals surface area contributed by atoms with E-state index in [1.807, 2.05) is 25.1 Å². The smallest absolute Gasteiger partial charge is 0.166 e. The number of hydrogen-bond acceptors (Lipinski definition) is 4. The summed E-state index contributed by atoms with van der Waals surface area (Å²) in [5, 5.41) is 8.77. The van der Waals surface area contributed by atoms with Crippen molar-refractivity contribution in [3.63, 3.8) is 0 Å². The monoisotopic (exact) mass is 268 g/mol. The molecule has 0 atom stereocenters. The molecular formula is C16H16N2O2. The fraction of sp³-hybridized carbons (Fsp3) is 0.250. The molecule has 20 heavy (non-hydrogen) atoms. The minimum atomic E-state index is 0.0624. The first-order valence-corrected chi connectivity index (χ1v) is 6.38. The highest BCUT2D eigenvalue weighted by Crippen LogP contribution is 2.19. The number of ether oxygens (including phenoxy) is 1. The van der Waals surface area contributed by atoms with Gasteiger partial charge in [-0.3, -0.25) is 0 Å². The second-order valence-electron chi connectivity index (χ2n) is 4.23. The molecule has 0 fully saturated rings. The van der Waals surface area contributed by atoms with Crippen LogP contribution in [0.3, 0.4) is 0 Å². The lowest BCUT2D eigenvalue weighted by molar-refractivity contribution is 0.295. The maximum atomic E-state index is 8.77. The molecular weight excluding hydrogens is 252 g/mol. The van der Waals surface area contributed by atoms with Crippen LogP contribution in [0.25, 0.3) is 0 Å². The van der Waals surface area contributed by atoms with Gasteiger partial charge in [-0.25, -0.2) is 9.97 Å². The number of aryl methyl sites for hydroxylation is 1. The Morgan fingerprint density at radius 2 is 2.05 bits per heavy atom. The van der Waals surface area contributed by atoms with E-state index in [0.29, 0.717) is 24.6 Å². The van der Waals surface area contributed by atoms with Crippen LogP contribution in [0.15, 0.2) is 36.7 Å². The quantitative estimate of drug-likeness (QED) is 0.863. The molecule has 0 spiro atoms. The van der Waals surface area contributed by atoms with Crippen molar-refractivity contribution in [3.05, 3.63) is 53.6 Å². The van der Waals surface area contributed by atoms with E-state index in [2.05, 4.69) is 21.8 Å². The first-order valence-electron chi connectivity index (χ1n) is 6.38. The molecule has 2 rings (SSSR count). The van der Waals surface area contributed by atoms with E-state index in [9.17, 15) is 0 Å². The topological polar surface area (TPSA) is 55.2 Å². The summed E-state index contributed by atoms with van der Waals surface area (Å²) in [4.78, 5) is 8.22. The molecule has 1 aromatic carbocycles. The Morgan fingerprint density at radius 1 is 1.25 bits per heavy atom. The zero-order valence-electron chi connectivity index (χ0n) is 11.3. The lowest BCUT2D eigenvalue weighted by Gasteiger charge is -2.08. The van der Waals surface area contributed by atoms with Crippen molar-refractivity contribution >= 4 is 0 Å². The van der Waals surface area contributed by atoms with Gasteiger partial charge in [-0.15, -0.1) is 0 Å². The Hall–Kier alpha value is -2.38. The van der Waals surface area contributed by atoms with Gasteiger partial charge < -0.3 is 9.84 Å². The van der Waals surface area contributed by atoms with Gasteiger partial charge in [0, 0.05) is 18.8 Å². The molecule has 0 saturated carbocycles. The first-order chi connectivity index (χ1) is 9.79. The van der Waals surface area contributed by atoms with Gasteiger partial charge in [0.15, 0.2) is 5.82 Å². The van der Waals surface area contributed by atoms with Crippen molar-refractivity contribution in [1.82, 2.24) is 9.97 Å². The van der Waals surface area contributed by atoms with Gasteiger partial charge in [0.2, 0.25) is 0 Å². The summed E-state index contributed by atoms with van der Waals surface area (Å²) in [6.45, 7) is 2.37. The Labute approximate surface area is 118 Å². The van der Waals surface area contributed by atoms with E-state index >= 15 is 0 Å². The van der Waals surface area contributed by atoms with Crippen LogP contribution in [0.1, 0.15) is 23.4 Å². The normalized spacial score (nSPS) is 9.70. The molecule has 4 nitrogen and oxygen atoms in total. The lowest BCUT2D eigenvalue weighted by Crippen LogP contribution is -2.01. The number of aromatic nitrogens is 2. The van der Waals surface area contributed by atoms with Crippen molar-refractivity contribution in [2.75, 3.05) is 6.61 Å². The minimum Gasteiger partial charge on any atom is -0.484 e. The van der Waals surface area contributed by atoms with Crippen LogP contribution >= 0.6 is 0 Å². The van der Waals surface area contributed by atoms with E-state index in [-0.39, 0.29) is 6.61 Å². The van der Waals surface area contributed by atoms with Gasteiger partial charge in [0.05, 0.1) is 12.2 Å². The maximum absolute atomic E-state index is 8.77. The third kappa shape index (κ3) is 4.08. The van der Waals surface area contributed by atoms with Crippen molar-refractivity contribution in [3.8, 4) is 17.6 Å². The number of nitrogens with zero attached hydrogens (tertiary/aromatic N) is 2. The Kier molecular flexibility index (Phi) is 5.10. The van der Waals surface area contributed by atoms with Crippen molar-refractivity contribution in [1.29, 1.82) is 0 Å². The van der Waals surface area contributed by atoms with Crippen LogP contribution in [0.4, 0.5) is 0 Å². The molecule has 102 valence electrons. The van der Waals surface area contributed by atoms with Crippen molar-refractivity contribution in [2.24, 2.45) is 0 Å². The number of aliphatic hydroxyl groups excluding tert-OH is 1. The lowest BCUT2D eigenvalue weighted by atomic mass is 10.1. The van der Waals surface area contributed by atoms with Gasteiger partial charge in [0.25, 0.3) is 0 Å². The van der Waals surface area contributed by atoms with Crippen molar-refractivity contribution < 1.29 is 9.84 Å². The molecule has 1 heterocycles. The maximum Gasteiger partial charge on any atom is 0.166 e. The van der Waals surface area contributed by atoms with E-state index in [4.69, 9.17) is 9.84 Å². The number of aliphatic hydroxyl groups is 1. The van der Waals surface area contributed by atoms with Crippen LogP contribution in [0, 0.1) is 18.8 Å². The van der Waals surface area contributed by atoms with Crippen LogP contribution in [0.2, 0.25) is 0 Å². The Balaban J connectivity index is 2.13. The summed E-state index contributed by atoms with van der Waals surface area (Å²) in [5.41, 5.74) is 1.93. The molecule has 0 aliphatic heterocycles. The van der Waals surface area contributed by atoms with Gasteiger partial charge >= 0.3 is 0 Å². The molecule has 0 radical (unpaired) electrons. The van der Waals surface area contributed by atoms with E-state index in [1.54, 1.807) is 18.5 Å². The minimum absolute atomic E-state index is 0.0624.